The molecule has 2 N–H and O–H groups in total. The Morgan fingerprint density at radius 2 is 1.85 bits per heavy atom. The van der Waals surface area contributed by atoms with Crippen molar-refractivity contribution in [2.24, 2.45) is 11.8 Å². The average Bonchev–Trinajstić information content (AvgIpc) is 2.37. The van der Waals surface area contributed by atoms with Gasteiger partial charge < -0.3 is 10.0 Å². The Morgan fingerprint density at radius 3 is 2.25 bits per heavy atom. The van der Waals surface area contributed by atoms with Crippen molar-refractivity contribution in [3.63, 3.8) is 0 Å². The second kappa shape index (κ2) is 7.70. The molecule has 0 aromatic rings. The first-order valence-corrected chi connectivity index (χ1v) is 8.73. The first-order chi connectivity index (χ1) is 9.26. The molecule has 1 heterocycles. The van der Waals surface area contributed by atoms with Gasteiger partial charge in [0.1, 0.15) is 0 Å². The van der Waals surface area contributed by atoms with E-state index in [1.807, 2.05) is 32.8 Å². The molecule has 0 bridgehead atoms. The van der Waals surface area contributed by atoms with E-state index in [0.717, 1.165) is 12.8 Å². The van der Waals surface area contributed by atoms with Crippen LogP contribution in [-0.4, -0.2) is 69.1 Å². The van der Waals surface area contributed by atoms with Gasteiger partial charge in [0.2, 0.25) is 0 Å². The van der Waals surface area contributed by atoms with E-state index in [-0.39, 0.29) is 24.5 Å². The van der Waals surface area contributed by atoms with E-state index in [9.17, 15) is 8.42 Å². The molecule has 1 unspecified atom stereocenters. The van der Waals surface area contributed by atoms with E-state index in [1.54, 1.807) is 0 Å². The van der Waals surface area contributed by atoms with Gasteiger partial charge in [-0.05, 0) is 38.8 Å². The van der Waals surface area contributed by atoms with Gasteiger partial charge in [-0.2, -0.15) is 17.4 Å². The average molecular weight is 307 g/mol. The molecular weight excluding hydrogens is 278 g/mol. The third kappa shape index (κ3) is 5.29. The lowest BCUT2D eigenvalue weighted by Crippen LogP contribution is -2.52. The molecular formula is C13H29N3O3S. The zero-order valence-corrected chi connectivity index (χ0v) is 13.9. The first-order valence-electron chi connectivity index (χ1n) is 7.29. The maximum atomic E-state index is 12.4. The lowest BCUT2D eigenvalue weighted by molar-refractivity contribution is 0.168. The molecule has 20 heavy (non-hydrogen) atoms. The van der Waals surface area contributed by atoms with Gasteiger partial charge in [0.15, 0.2) is 0 Å². The van der Waals surface area contributed by atoms with Crippen molar-refractivity contribution in [2.45, 2.75) is 32.7 Å². The predicted octanol–water partition coefficient (Wildman–Crippen LogP) is 0.111. The van der Waals surface area contributed by atoms with Crippen molar-refractivity contribution in [2.75, 3.05) is 40.3 Å². The standard InChI is InChI=1S/C13H29N3O3S/c1-11(2)13(9-15(3)4)14-20(18,19)16-7-5-12(10-17)6-8-16/h11-14,17H,5-10H2,1-4H3. The fraction of sp³-hybridized carbons (Fsp3) is 1.00. The zero-order valence-electron chi connectivity index (χ0n) is 13.0. The van der Waals surface area contributed by atoms with Crippen LogP contribution in [0.15, 0.2) is 0 Å². The molecule has 0 saturated carbocycles. The van der Waals surface area contributed by atoms with Gasteiger partial charge in [0, 0.05) is 32.3 Å². The predicted molar refractivity (Wildman–Crippen MR) is 80.6 cm³/mol. The smallest absolute Gasteiger partial charge is 0.279 e. The van der Waals surface area contributed by atoms with E-state index >= 15 is 0 Å². The molecule has 1 aliphatic rings. The normalized spacial score (nSPS) is 20.8. The fourth-order valence-corrected chi connectivity index (χ4v) is 3.95. The Kier molecular flexibility index (Phi) is 6.87. The summed E-state index contributed by atoms with van der Waals surface area (Å²) in [5.41, 5.74) is 0. The minimum Gasteiger partial charge on any atom is -0.396 e. The quantitative estimate of drug-likeness (QED) is 0.700. The zero-order chi connectivity index (χ0) is 15.3. The minimum atomic E-state index is -3.43. The number of piperidine rings is 1. The lowest BCUT2D eigenvalue weighted by Gasteiger charge is -2.33. The number of aliphatic hydroxyl groups is 1. The highest BCUT2D eigenvalue weighted by molar-refractivity contribution is 7.87. The first kappa shape index (κ1) is 17.8. The molecule has 1 rings (SSSR count). The lowest BCUT2D eigenvalue weighted by atomic mass is 10.00. The van der Waals surface area contributed by atoms with E-state index in [4.69, 9.17) is 5.11 Å². The number of hydrogen-bond donors (Lipinski definition) is 2. The Labute approximate surface area is 123 Å². The molecule has 0 aromatic heterocycles. The molecule has 0 aliphatic carbocycles. The van der Waals surface area contributed by atoms with E-state index in [1.165, 1.54) is 4.31 Å². The maximum absolute atomic E-state index is 12.4. The largest absolute Gasteiger partial charge is 0.396 e. The molecule has 0 aromatic carbocycles. The second-order valence-corrected chi connectivity index (χ2v) is 7.96. The summed E-state index contributed by atoms with van der Waals surface area (Å²) in [6, 6.07) is -0.0921. The molecule has 0 spiro atoms. The van der Waals surface area contributed by atoms with Crippen molar-refractivity contribution >= 4 is 10.2 Å². The summed E-state index contributed by atoms with van der Waals surface area (Å²) in [4.78, 5) is 1.99. The van der Waals surface area contributed by atoms with Crippen LogP contribution < -0.4 is 4.72 Å². The van der Waals surface area contributed by atoms with E-state index in [2.05, 4.69) is 4.72 Å². The Morgan fingerprint density at radius 1 is 1.30 bits per heavy atom. The van der Waals surface area contributed by atoms with Gasteiger partial charge >= 0.3 is 0 Å². The third-order valence-corrected chi connectivity index (χ3v) is 5.48. The number of nitrogens with zero attached hydrogens (tertiary/aromatic N) is 2. The topological polar surface area (TPSA) is 72.9 Å². The number of rotatable bonds is 7. The fourth-order valence-electron chi connectivity index (χ4n) is 2.38. The van der Waals surface area contributed by atoms with Crippen LogP contribution in [0.1, 0.15) is 26.7 Å². The second-order valence-electron chi connectivity index (χ2n) is 6.26. The van der Waals surface area contributed by atoms with Crippen LogP contribution in [0, 0.1) is 11.8 Å². The van der Waals surface area contributed by atoms with Crippen molar-refractivity contribution < 1.29 is 13.5 Å². The maximum Gasteiger partial charge on any atom is 0.279 e. The summed E-state index contributed by atoms with van der Waals surface area (Å²) in [5, 5.41) is 9.11. The molecule has 1 saturated heterocycles. The van der Waals surface area contributed by atoms with Crippen LogP contribution in [0.3, 0.4) is 0 Å². The Balaban J connectivity index is 2.63. The summed E-state index contributed by atoms with van der Waals surface area (Å²) in [5.74, 6) is 0.478. The third-order valence-electron chi connectivity index (χ3n) is 3.84. The van der Waals surface area contributed by atoms with Crippen LogP contribution >= 0.6 is 0 Å². The summed E-state index contributed by atoms with van der Waals surface area (Å²) in [7, 11) is 0.452. The van der Waals surface area contributed by atoms with Crippen molar-refractivity contribution in [1.82, 2.24) is 13.9 Å². The van der Waals surface area contributed by atoms with Gasteiger partial charge in [-0.3, -0.25) is 0 Å². The summed E-state index contributed by atoms with van der Waals surface area (Å²) in [6.45, 7) is 5.87. The number of nitrogens with one attached hydrogen (secondary N) is 1. The highest BCUT2D eigenvalue weighted by atomic mass is 32.2. The van der Waals surface area contributed by atoms with Crippen LogP contribution in [0.4, 0.5) is 0 Å². The van der Waals surface area contributed by atoms with Gasteiger partial charge in [-0.1, -0.05) is 13.8 Å². The highest BCUT2D eigenvalue weighted by Gasteiger charge is 2.30. The monoisotopic (exact) mass is 307 g/mol. The Hall–Kier alpha value is -0.210. The van der Waals surface area contributed by atoms with Gasteiger partial charge in [0.05, 0.1) is 0 Å². The molecule has 7 heteroatoms. The van der Waals surface area contributed by atoms with Crippen LogP contribution in [0.2, 0.25) is 0 Å². The number of likely N-dealkylation sites (N-methyl/N-ethyl adjacent to an activating group) is 1. The number of aliphatic hydroxyl groups excluding tert-OH is 1. The molecule has 120 valence electrons. The summed E-state index contributed by atoms with van der Waals surface area (Å²) in [6.07, 6.45) is 1.47. The highest BCUT2D eigenvalue weighted by Crippen LogP contribution is 2.19. The molecule has 1 aliphatic heterocycles. The minimum absolute atomic E-state index is 0.0921. The van der Waals surface area contributed by atoms with Crippen LogP contribution in [0.5, 0.6) is 0 Å². The SMILES string of the molecule is CC(C)C(CN(C)C)NS(=O)(=O)N1CCC(CO)CC1. The van der Waals surface area contributed by atoms with E-state index in [0.29, 0.717) is 19.6 Å². The summed E-state index contributed by atoms with van der Waals surface area (Å²) >= 11 is 0. The number of hydrogen-bond acceptors (Lipinski definition) is 4. The summed E-state index contributed by atoms with van der Waals surface area (Å²) < 4.78 is 29.1. The van der Waals surface area contributed by atoms with Gasteiger partial charge in [0.25, 0.3) is 10.2 Å². The Bertz CT molecular complexity index is 376. The van der Waals surface area contributed by atoms with Crippen molar-refractivity contribution in [3.05, 3.63) is 0 Å². The molecule has 0 radical (unpaired) electrons. The van der Waals surface area contributed by atoms with E-state index < -0.39 is 10.2 Å². The molecule has 1 fully saturated rings. The van der Waals surface area contributed by atoms with Crippen molar-refractivity contribution in [1.29, 1.82) is 0 Å². The van der Waals surface area contributed by atoms with Gasteiger partial charge in [-0.15, -0.1) is 0 Å². The molecule has 6 nitrogen and oxygen atoms in total. The van der Waals surface area contributed by atoms with Crippen LogP contribution in [-0.2, 0) is 10.2 Å². The van der Waals surface area contributed by atoms with Crippen molar-refractivity contribution in [3.8, 4) is 0 Å². The molecule has 0 amide bonds. The molecule has 1 atom stereocenters. The van der Waals surface area contributed by atoms with Crippen LogP contribution in [0.25, 0.3) is 0 Å². The van der Waals surface area contributed by atoms with Gasteiger partial charge in [-0.25, -0.2) is 0 Å².